The summed E-state index contributed by atoms with van der Waals surface area (Å²) in [5.74, 6) is 0. The molecule has 1 rings (SSSR count). The van der Waals surface area contributed by atoms with Crippen molar-refractivity contribution in [3.05, 3.63) is 0 Å². The Morgan fingerprint density at radius 1 is 0.900 bits per heavy atom. The molecular weight excluding hydrogens is 170 g/mol. The van der Waals surface area contributed by atoms with E-state index in [2.05, 4.69) is 0 Å². The molecule has 0 atom stereocenters. The molecule has 0 saturated carbocycles. The highest BCUT2D eigenvalue weighted by Crippen LogP contribution is 2.80. The summed E-state index contributed by atoms with van der Waals surface area (Å²) < 4.78 is 25.8. The van der Waals surface area contributed by atoms with Crippen molar-refractivity contribution < 1.29 is 9.13 Å². The summed E-state index contributed by atoms with van der Waals surface area (Å²) in [7, 11) is -1.45. The summed E-state index contributed by atoms with van der Waals surface area (Å²) in [4.78, 5) is 0. The molecular formula is C4H12N2O2P2. The molecule has 0 spiro atoms. The maximum absolute atomic E-state index is 11.4. The lowest BCUT2D eigenvalue weighted by molar-refractivity contribution is 0.434. The third kappa shape index (κ3) is 0.768. The van der Waals surface area contributed by atoms with Gasteiger partial charge in [0.1, 0.15) is 0 Å². The van der Waals surface area contributed by atoms with Crippen molar-refractivity contribution in [3.8, 4) is 0 Å². The van der Waals surface area contributed by atoms with Crippen LogP contribution in [0.3, 0.4) is 0 Å². The number of hydrogen-bond donors (Lipinski definition) is 0. The monoisotopic (exact) mass is 182 g/mol. The molecule has 1 aliphatic heterocycles. The summed E-state index contributed by atoms with van der Waals surface area (Å²) in [6.07, 6.45) is 0. The fourth-order valence-corrected chi connectivity index (χ4v) is 7.56. The molecule has 60 valence electrons. The minimum Gasteiger partial charge on any atom is -0.288 e. The summed E-state index contributed by atoms with van der Waals surface area (Å²) in [6.45, 7) is 3.24. The van der Waals surface area contributed by atoms with Crippen LogP contribution in [0.5, 0.6) is 0 Å². The summed E-state index contributed by atoms with van der Waals surface area (Å²) in [5.41, 5.74) is 0. The molecule has 1 heterocycles. The van der Waals surface area contributed by atoms with E-state index < -0.39 is 14.9 Å². The normalized spacial score (nSPS) is 50.8. The SMILES string of the molecule is CN1P(C)(=O)N(C)P1(C)=O. The molecule has 4 nitrogen and oxygen atoms in total. The number of hydrogen-bond acceptors (Lipinski definition) is 2. The smallest absolute Gasteiger partial charge is 0.226 e. The van der Waals surface area contributed by atoms with Gasteiger partial charge in [0, 0.05) is 27.4 Å². The fourth-order valence-electron chi connectivity index (χ4n) is 0.959. The molecule has 0 aromatic carbocycles. The summed E-state index contributed by atoms with van der Waals surface area (Å²) in [6, 6.07) is 0. The first kappa shape index (κ1) is 8.48. The predicted octanol–water partition coefficient (Wildman–Crippen LogP) is 1.51. The second-order valence-corrected chi connectivity index (χ2v) is 9.02. The van der Waals surface area contributed by atoms with Gasteiger partial charge in [-0.15, -0.1) is 0 Å². The standard InChI is InChI=1S/C4H12N2O2P2/c1-5-9(3,7)6(2)10(5,4)8/h1-4H3. The van der Waals surface area contributed by atoms with E-state index in [4.69, 9.17) is 0 Å². The van der Waals surface area contributed by atoms with Gasteiger partial charge in [-0.05, 0) is 0 Å². The van der Waals surface area contributed by atoms with Gasteiger partial charge in [-0.1, -0.05) is 0 Å². The first-order valence-corrected chi connectivity index (χ1v) is 7.07. The van der Waals surface area contributed by atoms with E-state index in [1.807, 2.05) is 0 Å². The van der Waals surface area contributed by atoms with Crippen LogP contribution in [0.15, 0.2) is 0 Å². The highest BCUT2D eigenvalue weighted by atomic mass is 31.3. The molecule has 0 amide bonds. The third-order valence-electron chi connectivity index (χ3n) is 2.15. The van der Waals surface area contributed by atoms with Crippen LogP contribution in [0.2, 0.25) is 0 Å². The average molecular weight is 182 g/mol. The molecule has 10 heavy (non-hydrogen) atoms. The van der Waals surface area contributed by atoms with Crippen molar-refractivity contribution in [1.82, 2.24) is 8.88 Å². The molecule has 1 fully saturated rings. The zero-order valence-corrected chi connectivity index (χ0v) is 8.39. The maximum Gasteiger partial charge on any atom is 0.226 e. The van der Waals surface area contributed by atoms with Gasteiger partial charge in [-0.3, -0.25) is 9.13 Å². The molecule has 0 aromatic rings. The Kier molecular flexibility index (Phi) is 1.65. The van der Waals surface area contributed by atoms with Gasteiger partial charge < -0.3 is 0 Å². The average Bonchev–Trinajstić information content (AvgIpc) is 1.84. The zero-order chi connectivity index (χ0) is 8.15. The molecule has 0 bridgehead atoms. The minimum absolute atomic E-state index is 1.49. The van der Waals surface area contributed by atoms with Gasteiger partial charge in [-0.2, -0.15) is 8.88 Å². The van der Waals surface area contributed by atoms with E-state index in [0.717, 1.165) is 0 Å². The van der Waals surface area contributed by atoms with Crippen LogP contribution < -0.4 is 0 Å². The van der Waals surface area contributed by atoms with Gasteiger partial charge in [-0.25, -0.2) is 0 Å². The van der Waals surface area contributed by atoms with Crippen LogP contribution in [-0.2, 0) is 9.13 Å². The molecule has 6 heteroatoms. The topological polar surface area (TPSA) is 40.6 Å². The van der Waals surface area contributed by atoms with E-state index in [1.54, 1.807) is 27.4 Å². The molecule has 0 aliphatic carbocycles. The minimum atomic E-state index is -2.37. The van der Waals surface area contributed by atoms with Crippen LogP contribution in [0.4, 0.5) is 0 Å². The third-order valence-corrected chi connectivity index (χ3v) is 10.4. The lowest BCUT2D eigenvalue weighted by Gasteiger charge is -2.49. The van der Waals surface area contributed by atoms with Crippen molar-refractivity contribution in [2.75, 3.05) is 27.4 Å². The Balaban J connectivity index is 3.00. The van der Waals surface area contributed by atoms with Gasteiger partial charge in [0.25, 0.3) is 0 Å². The van der Waals surface area contributed by atoms with Gasteiger partial charge in [0.15, 0.2) is 0 Å². The van der Waals surface area contributed by atoms with Crippen molar-refractivity contribution >= 4 is 14.9 Å². The van der Waals surface area contributed by atoms with Crippen molar-refractivity contribution in [3.63, 3.8) is 0 Å². The molecule has 0 aromatic heterocycles. The quantitative estimate of drug-likeness (QED) is 0.532. The van der Waals surface area contributed by atoms with Crippen LogP contribution in [0.1, 0.15) is 0 Å². The molecule has 1 aliphatic rings. The van der Waals surface area contributed by atoms with Gasteiger partial charge in [0.2, 0.25) is 14.9 Å². The van der Waals surface area contributed by atoms with Gasteiger partial charge >= 0.3 is 0 Å². The summed E-state index contributed by atoms with van der Waals surface area (Å²) >= 11 is 0. The fraction of sp³-hybridized carbons (Fsp3) is 1.00. The van der Waals surface area contributed by atoms with E-state index in [9.17, 15) is 9.13 Å². The van der Waals surface area contributed by atoms with E-state index in [1.165, 1.54) is 8.88 Å². The molecule has 1 saturated heterocycles. The second kappa shape index (κ2) is 1.95. The van der Waals surface area contributed by atoms with Crippen LogP contribution in [-0.4, -0.2) is 36.3 Å². The lowest BCUT2D eigenvalue weighted by Crippen LogP contribution is -2.36. The number of rotatable bonds is 0. The van der Waals surface area contributed by atoms with Crippen LogP contribution in [0.25, 0.3) is 0 Å². The maximum atomic E-state index is 11.4. The van der Waals surface area contributed by atoms with Gasteiger partial charge in [0.05, 0.1) is 0 Å². The van der Waals surface area contributed by atoms with E-state index >= 15 is 0 Å². The van der Waals surface area contributed by atoms with E-state index in [-0.39, 0.29) is 0 Å². The Morgan fingerprint density at radius 2 is 1.10 bits per heavy atom. The van der Waals surface area contributed by atoms with Crippen LogP contribution in [0, 0.1) is 0 Å². The largest absolute Gasteiger partial charge is 0.288 e. The number of nitrogens with zero attached hydrogens (tertiary/aromatic N) is 2. The Labute approximate surface area is 61.2 Å². The Morgan fingerprint density at radius 3 is 1.20 bits per heavy atom. The van der Waals surface area contributed by atoms with Crippen LogP contribution >= 0.6 is 14.9 Å². The first-order valence-electron chi connectivity index (χ1n) is 2.95. The summed E-state index contributed by atoms with van der Waals surface area (Å²) in [5, 5.41) is 0. The molecule has 0 N–H and O–H groups in total. The lowest BCUT2D eigenvalue weighted by atomic mass is 11.6. The predicted molar refractivity (Wildman–Crippen MR) is 42.6 cm³/mol. The second-order valence-electron chi connectivity index (χ2n) is 2.65. The molecule has 0 radical (unpaired) electrons. The highest BCUT2D eigenvalue weighted by molar-refractivity contribution is 7.87. The highest BCUT2D eigenvalue weighted by Gasteiger charge is 2.53. The Hall–Kier alpha value is 0.380. The van der Waals surface area contributed by atoms with Crippen molar-refractivity contribution in [1.29, 1.82) is 0 Å². The van der Waals surface area contributed by atoms with E-state index in [0.29, 0.717) is 0 Å². The first-order chi connectivity index (χ1) is 4.31. The van der Waals surface area contributed by atoms with Crippen molar-refractivity contribution in [2.45, 2.75) is 0 Å². The zero-order valence-electron chi connectivity index (χ0n) is 6.61. The van der Waals surface area contributed by atoms with Crippen molar-refractivity contribution in [2.24, 2.45) is 0 Å². The Bertz CT molecular complexity index is 210. The molecule has 0 unspecified atom stereocenters.